The van der Waals surface area contributed by atoms with Gasteiger partial charge in [-0.25, -0.2) is 0 Å². The highest BCUT2D eigenvalue weighted by Crippen LogP contribution is 2.45. The molecule has 0 saturated carbocycles. The van der Waals surface area contributed by atoms with E-state index in [1.807, 2.05) is 0 Å². The largest absolute Gasteiger partial charge is 0.329 e. The van der Waals surface area contributed by atoms with E-state index in [1.54, 1.807) is 0 Å². The summed E-state index contributed by atoms with van der Waals surface area (Å²) in [7, 11) is 0. The van der Waals surface area contributed by atoms with Gasteiger partial charge in [0.15, 0.2) is 0 Å². The molecule has 2 aliphatic heterocycles. The van der Waals surface area contributed by atoms with Crippen molar-refractivity contribution in [2.45, 2.75) is 39.2 Å². The standard InChI is InChI=1S/C15H31N3S/c1-4-6-17-7-9-18(10-8-17)15(12-16)13-19-11-5-14(15,2)3/h4-13,16H2,1-3H3. The van der Waals surface area contributed by atoms with Gasteiger partial charge in [0.2, 0.25) is 0 Å². The Balaban J connectivity index is 2.06. The Bertz CT molecular complexity index is 287. The zero-order valence-corrected chi connectivity index (χ0v) is 13.8. The van der Waals surface area contributed by atoms with Crippen molar-refractivity contribution < 1.29 is 0 Å². The van der Waals surface area contributed by atoms with Crippen LogP contribution in [0.25, 0.3) is 0 Å². The topological polar surface area (TPSA) is 32.5 Å². The third kappa shape index (κ3) is 2.97. The Morgan fingerprint density at radius 2 is 1.84 bits per heavy atom. The zero-order chi connectivity index (χ0) is 13.9. The SMILES string of the molecule is CCCN1CCN(C2(CN)CSCCC2(C)C)CC1. The van der Waals surface area contributed by atoms with Crippen LogP contribution in [-0.4, -0.2) is 66.1 Å². The summed E-state index contributed by atoms with van der Waals surface area (Å²) in [5.74, 6) is 2.51. The maximum atomic E-state index is 6.27. The molecule has 0 aliphatic carbocycles. The average molecular weight is 286 g/mol. The molecule has 2 heterocycles. The predicted octanol–water partition coefficient (Wildman–Crippen LogP) is 1.87. The Labute approximate surface area is 123 Å². The van der Waals surface area contributed by atoms with Gasteiger partial charge >= 0.3 is 0 Å². The number of rotatable bonds is 4. The maximum absolute atomic E-state index is 6.27. The van der Waals surface area contributed by atoms with E-state index in [-0.39, 0.29) is 5.54 Å². The summed E-state index contributed by atoms with van der Waals surface area (Å²) >= 11 is 2.10. The minimum Gasteiger partial charge on any atom is -0.329 e. The van der Waals surface area contributed by atoms with E-state index in [1.165, 1.54) is 57.1 Å². The summed E-state index contributed by atoms with van der Waals surface area (Å²) in [6.07, 6.45) is 2.56. The number of nitrogens with zero attached hydrogens (tertiary/aromatic N) is 2. The molecule has 112 valence electrons. The van der Waals surface area contributed by atoms with E-state index in [9.17, 15) is 0 Å². The molecule has 2 fully saturated rings. The highest BCUT2D eigenvalue weighted by Gasteiger charge is 2.50. The molecule has 2 N–H and O–H groups in total. The highest BCUT2D eigenvalue weighted by atomic mass is 32.2. The minimum atomic E-state index is 0.216. The Morgan fingerprint density at radius 1 is 1.16 bits per heavy atom. The van der Waals surface area contributed by atoms with Crippen LogP contribution in [0.15, 0.2) is 0 Å². The van der Waals surface area contributed by atoms with Crippen molar-refractivity contribution in [2.75, 3.05) is 50.8 Å². The Hall–Kier alpha value is 0.230. The summed E-state index contributed by atoms with van der Waals surface area (Å²) in [6.45, 7) is 14.0. The van der Waals surface area contributed by atoms with Crippen LogP contribution in [0.3, 0.4) is 0 Å². The van der Waals surface area contributed by atoms with Crippen LogP contribution in [-0.2, 0) is 0 Å². The molecular weight excluding hydrogens is 254 g/mol. The average Bonchev–Trinajstić information content (AvgIpc) is 2.40. The van der Waals surface area contributed by atoms with Crippen LogP contribution in [0.1, 0.15) is 33.6 Å². The van der Waals surface area contributed by atoms with Gasteiger partial charge in [-0.2, -0.15) is 11.8 Å². The van der Waals surface area contributed by atoms with Gasteiger partial charge in [-0.15, -0.1) is 0 Å². The second-order valence-electron chi connectivity index (χ2n) is 6.75. The second-order valence-corrected chi connectivity index (χ2v) is 7.86. The van der Waals surface area contributed by atoms with E-state index in [2.05, 4.69) is 42.3 Å². The lowest BCUT2D eigenvalue weighted by molar-refractivity contribution is -0.0277. The molecule has 19 heavy (non-hydrogen) atoms. The predicted molar refractivity (Wildman–Crippen MR) is 85.8 cm³/mol. The molecule has 0 bridgehead atoms. The molecule has 0 aromatic heterocycles. The van der Waals surface area contributed by atoms with Gasteiger partial charge in [0, 0.05) is 44.0 Å². The third-order valence-electron chi connectivity index (χ3n) is 5.33. The molecule has 1 atom stereocenters. The van der Waals surface area contributed by atoms with Crippen molar-refractivity contribution in [3.8, 4) is 0 Å². The van der Waals surface area contributed by atoms with Crippen LogP contribution in [0.4, 0.5) is 0 Å². The molecule has 1 unspecified atom stereocenters. The first kappa shape index (κ1) is 15.6. The summed E-state index contributed by atoms with van der Waals surface area (Å²) in [5, 5.41) is 0. The van der Waals surface area contributed by atoms with Crippen molar-refractivity contribution in [3.05, 3.63) is 0 Å². The van der Waals surface area contributed by atoms with Crippen molar-refractivity contribution in [1.82, 2.24) is 9.80 Å². The zero-order valence-electron chi connectivity index (χ0n) is 13.0. The van der Waals surface area contributed by atoms with Gasteiger partial charge in [-0.05, 0) is 30.6 Å². The third-order valence-corrected chi connectivity index (χ3v) is 6.50. The first-order valence-corrected chi connectivity index (χ1v) is 8.96. The van der Waals surface area contributed by atoms with Crippen LogP contribution in [0.2, 0.25) is 0 Å². The van der Waals surface area contributed by atoms with Crippen molar-refractivity contribution in [2.24, 2.45) is 11.1 Å². The summed E-state index contributed by atoms with van der Waals surface area (Å²) in [6, 6.07) is 0. The first-order chi connectivity index (χ1) is 9.05. The lowest BCUT2D eigenvalue weighted by Gasteiger charge is -2.57. The summed E-state index contributed by atoms with van der Waals surface area (Å²) < 4.78 is 0. The van der Waals surface area contributed by atoms with E-state index < -0.39 is 0 Å². The van der Waals surface area contributed by atoms with Crippen LogP contribution >= 0.6 is 11.8 Å². The van der Waals surface area contributed by atoms with Gasteiger partial charge in [-0.1, -0.05) is 20.8 Å². The van der Waals surface area contributed by atoms with E-state index in [0.717, 1.165) is 6.54 Å². The van der Waals surface area contributed by atoms with Gasteiger partial charge in [0.05, 0.1) is 0 Å². The van der Waals surface area contributed by atoms with Crippen molar-refractivity contribution in [3.63, 3.8) is 0 Å². The fourth-order valence-electron chi connectivity index (χ4n) is 3.70. The lowest BCUT2D eigenvalue weighted by atomic mass is 9.69. The fraction of sp³-hybridized carbons (Fsp3) is 1.00. The van der Waals surface area contributed by atoms with Gasteiger partial charge in [-0.3, -0.25) is 4.90 Å². The number of thioether (sulfide) groups is 1. The monoisotopic (exact) mass is 285 g/mol. The second kappa shape index (κ2) is 6.33. The van der Waals surface area contributed by atoms with Gasteiger partial charge in [0.25, 0.3) is 0 Å². The normalized spacial score (nSPS) is 33.5. The quantitative estimate of drug-likeness (QED) is 0.855. The molecular formula is C15H31N3S. The maximum Gasteiger partial charge on any atom is 0.0474 e. The molecule has 2 saturated heterocycles. The highest BCUT2D eigenvalue weighted by molar-refractivity contribution is 7.99. The van der Waals surface area contributed by atoms with Crippen LogP contribution in [0.5, 0.6) is 0 Å². The van der Waals surface area contributed by atoms with Gasteiger partial charge in [0.1, 0.15) is 0 Å². The molecule has 0 aromatic rings. The number of nitrogens with two attached hydrogens (primary N) is 1. The Kier molecular flexibility index (Phi) is 5.21. The molecule has 3 nitrogen and oxygen atoms in total. The number of hydrogen-bond donors (Lipinski definition) is 1. The Morgan fingerprint density at radius 3 is 2.37 bits per heavy atom. The summed E-state index contributed by atoms with van der Waals surface area (Å²) in [4.78, 5) is 5.31. The number of piperazine rings is 1. The van der Waals surface area contributed by atoms with Crippen LogP contribution < -0.4 is 5.73 Å². The first-order valence-electron chi connectivity index (χ1n) is 7.81. The molecule has 0 spiro atoms. The molecule has 2 rings (SSSR count). The smallest absolute Gasteiger partial charge is 0.0474 e. The summed E-state index contributed by atoms with van der Waals surface area (Å²) in [5.41, 5.74) is 6.83. The number of hydrogen-bond acceptors (Lipinski definition) is 4. The van der Waals surface area contributed by atoms with Crippen molar-refractivity contribution in [1.29, 1.82) is 0 Å². The van der Waals surface area contributed by atoms with E-state index >= 15 is 0 Å². The minimum absolute atomic E-state index is 0.216. The van der Waals surface area contributed by atoms with Crippen LogP contribution in [0, 0.1) is 5.41 Å². The fourth-order valence-corrected chi connectivity index (χ4v) is 5.52. The molecule has 0 radical (unpaired) electrons. The molecule has 2 aliphatic rings. The van der Waals surface area contributed by atoms with E-state index in [4.69, 9.17) is 5.73 Å². The molecule has 0 amide bonds. The lowest BCUT2D eigenvalue weighted by Crippen LogP contribution is -2.68. The van der Waals surface area contributed by atoms with Crippen molar-refractivity contribution >= 4 is 11.8 Å². The molecule has 4 heteroatoms. The van der Waals surface area contributed by atoms with Gasteiger partial charge < -0.3 is 10.6 Å². The molecule has 0 aromatic carbocycles. The van der Waals surface area contributed by atoms with E-state index in [0.29, 0.717) is 5.41 Å².